The maximum absolute atomic E-state index is 14.0. The van der Waals surface area contributed by atoms with E-state index in [1.807, 2.05) is 6.07 Å². The molecule has 3 N–H and O–H groups in total. The predicted octanol–water partition coefficient (Wildman–Crippen LogP) is 3.38. The van der Waals surface area contributed by atoms with E-state index < -0.39 is 17.0 Å². The number of benzene rings is 2. The zero-order valence-electron chi connectivity index (χ0n) is 19.2. The number of nitrogens with zero attached hydrogens (tertiary/aromatic N) is 1. The Kier molecular flexibility index (Phi) is 6.59. The topological polar surface area (TPSA) is 90.9 Å². The zero-order valence-corrected chi connectivity index (χ0v) is 20.0. The van der Waals surface area contributed by atoms with Crippen molar-refractivity contribution in [3.8, 4) is 5.75 Å². The number of anilines is 1. The van der Waals surface area contributed by atoms with Crippen molar-refractivity contribution >= 4 is 22.6 Å². The molecule has 3 aliphatic rings. The van der Waals surface area contributed by atoms with Crippen LogP contribution in [0.4, 0.5) is 10.1 Å². The Bertz CT molecular complexity index is 1130. The van der Waals surface area contributed by atoms with Gasteiger partial charge in [0.15, 0.2) is 11.0 Å². The number of ether oxygens (including phenoxy) is 1. The molecule has 0 aromatic heterocycles. The highest BCUT2D eigenvalue weighted by Crippen LogP contribution is 2.55. The highest BCUT2D eigenvalue weighted by molar-refractivity contribution is 7.86. The van der Waals surface area contributed by atoms with Crippen LogP contribution in [0.3, 0.4) is 0 Å². The van der Waals surface area contributed by atoms with Gasteiger partial charge in [-0.15, -0.1) is 0 Å². The molecule has 0 bridgehead atoms. The monoisotopic (exact) mass is 487 g/mol. The van der Waals surface area contributed by atoms with Gasteiger partial charge >= 0.3 is 5.97 Å². The number of rotatable bonds is 9. The van der Waals surface area contributed by atoms with Crippen LogP contribution in [0, 0.1) is 11.7 Å². The molecule has 7 nitrogen and oxygen atoms in total. The van der Waals surface area contributed by atoms with Gasteiger partial charge in [-0.2, -0.15) is 0 Å². The van der Waals surface area contributed by atoms with Crippen LogP contribution in [-0.2, 0) is 17.4 Å². The summed E-state index contributed by atoms with van der Waals surface area (Å²) in [6.07, 6.45) is 2.61. The maximum atomic E-state index is 14.0. The molecule has 34 heavy (non-hydrogen) atoms. The van der Waals surface area contributed by atoms with E-state index in [-0.39, 0.29) is 17.1 Å². The number of likely N-dealkylation sites (N-methyl/N-ethyl adjacent to an activating group) is 1. The van der Waals surface area contributed by atoms with Gasteiger partial charge in [-0.05, 0) is 80.2 Å². The summed E-state index contributed by atoms with van der Waals surface area (Å²) in [5, 5.41) is 13.4. The summed E-state index contributed by atoms with van der Waals surface area (Å²) in [7, 11) is -1.76. The van der Waals surface area contributed by atoms with Crippen LogP contribution in [0.1, 0.15) is 47.2 Å². The van der Waals surface area contributed by atoms with Crippen molar-refractivity contribution in [1.82, 2.24) is 10.2 Å². The minimum atomic E-state index is -1.76. The molecule has 2 fully saturated rings. The van der Waals surface area contributed by atoms with Crippen LogP contribution in [0.5, 0.6) is 5.75 Å². The number of carbonyl (C=O) groups is 1. The normalized spacial score (nSPS) is 24.1. The summed E-state index contributed by atoms with van der Waals surface area (Å²) in [5.41, 5.74) is 1.79. The smallest absolute Gasteiger partial charge is 0.341 e. The highest BCUT2D eigenvalue weighted by Gasteiger charge is 2.45. The molecule has 1 saturated heterocycles. The predicted molar refractivity (Wildman–Crippen MR) is 128 cm³/mol. The van der Waals surface area contributed by atoms with Crippen LogP contribution in [-0.4, -0.2) is 59.0 Å². The van der Waals surface area contributed by atoms with Crippen LogP contribution in [0.2, 0.25) is 0 Å². The molecule has 0 spiro atoms. The second-order valence-electron chi connectivity index (χ2n) is 9.33. The van der Waals surface area contributed by atoms with Crippen molar-refractivity contribution in [1.29, 1.82) is 0 Å². The van der Waals surface area contributed by atoms with E-state index in [4.69, 9.17) is 4.74 Å². The number of aromatic carboxylic acids is 1. The van der Waals surface area contributed by atoms with Crippen molar-refractivity contribution in [2.75, 3.05) is 37.5 Å². The summed E-state index contributed by atoms with van der Waals surface area (Å²) in [4.78, 5) is 14.9. The maximum Gasteiger partial charge on any atom is 0.341 e. The first-order valence-electron chi connectivity index (χ1n) is 11.9. The molecule has 2 heterocycles. The third kappa shape index (κ3) is 4.69. The van der Waals surface area contributed by atoms with Gasteiger partial charge < -0.3 is 24.8 Å². The van der Waals surface area contributed by atoms with Gasteiger partial charge in [0.2, 0.25) is 0 Å². The van der Waals surface area contributed by atoms with Crippen molar-refractivity contribution in [2.24, 2.45) is 5.92 Å². The number of hydrogen-bond acceptors (Lipinski definition) is 5. The van der Waals surface area contributed by atoms with Crippen LogP contribution in [0.25, 0.3) is 0 Å². The Morgan fingerprint density at radius 3 is 2.94 bits per heavy atom. The minimum Gasteiger partial charge on any atom is -0.492 e. The van der Waals surface area contributed by atoms with E-state index in [9.17, 15) is 18.5 Å². The molecule has 1 aliphatic carbocycles. The van der Waals surface area contributed by atoms with E-state index in [1.54, 1.807) is 6.07 Å². The lowest BCUT2D eigenvalue weighted by Crippen LogP contribution is -2.34. The largest absolute Gasteiger partial charge is 0.492 e. The Hall–Kier alpha value is -2.49. The fourth-order valence-electron chi connectivity index (χ4n) is 5.12. The third-order valence-corrected chi connectivity index (χ3v) is 8.34. The van der Waals surface area contributed by atoms with Crippen molar-refractivity contribution in [3.63, 3.8) is 0 Å². The molecule has 0 amide bonds. The van der Waals surface area contributed by atoms with Gasteiger partial charge in [0.05, 0.1) is 17.2 Å². The number of fused-ring (bicyclic) bond motifs is 3. The Balaban J connectivity index is 1.32. The fraction of sp³-hybridized carbons (Fsp3) is 0.480. The molecule has 9 heteroatoms. The van der Waals surface area contributed by atoms with E-state index in [0.717, 1.165) is 38.0 Å². The number of carboxylic acid groups (broad SMARTS) is 1. The minimum absolute atomic E-state index is 0.00300. The quantitative estimate of drug-likeness (QED) is 0.502. The summed E-state index contributed by atoms with van der Waals surface area (Å²) in [5.74, 6) is -0.332. The van der Waals surface area contributed by atoms with Crippen LogP contribution in [0.15, 0.2) is 35.2 Å². The lowest BCUT2D eigenvalue weighted by molar-refractivity contribution is 0.0692. The standard InChI is InChI=1S/C25H30FN3O4S/c1-2-29-10-8-18(13-29)27-9-7-15-11-17(26)3-6-22(15)34(32)28-21-5-4-19-20-12-16(20)14-33-24(19)23(21)25(30)31/h3-6,11,16,18,20,27-28H,2,7-10,12-14H2,1H3,(H,30,31). The Labute approximate surface area is 201 Å². The molecule has 1 saturated carbocycles. The fourth-order valence-corrected chi connectivity index (χ4v) is 6.19. The average molecular weight is 488 g/mol. The van der Waals surface area contributed by atoms with Crippen molar-refractivity contribution < 1.29 is 23.2 Å². The Morgan fingerprint density at radius 1 is 1.32 bits per heavy atom. The van der Waals surface area contributed by atoms with Crippen molar-refractivity contribution in [3.05, 3.63) is 52.8 Å². The average Bonchev–Trinajstić information content (AvgIpc) is 3.48. The lowest BCUT2D eigenvalue weighted by atomic mass is 10.0. The molecule has 5 rings (SSSR count). The second kappa shape index (κ2) is 9.64. The molecule has 4 atom stereocenters. The molecular formula is C25H30FN3O4S. The van der Waals surface area contributed by atoms with E-state index >= 15 is 0 Å². The third-order valence-electron chi connectivity index (χ3n) is 7.14. The Morgan fingerprint density at radius 2 is 2.18 bits per heavy atom. The van der Waals surface area contributed by atoms with Crippen LogP contribution >= 0.6 is 0 Å². The van der Waals surface area contributed by atoms with E-state index in [0.29, 0.717) is 53.7 Å². The van der Waals surface area contributed by atoms with E-state index in [2.05, 4.69) is 21.9 Å². The van der Waals surface area contributed by atoms with E-state index in [1.165, 1.54) is 18.2 Å². The lowest BCUT2D eigenvalue weighted by Gasteiger charge is -2.21. The SMILES string of the molecule is CCN1CCC(NCCc2cc(F)ccc2S(=O)Nc2ccc3c(c2C(=O)O)OCC2CC32)C1. The summed E-state index contributed by atoms with van der Waals surface area (Å²) >= 11 is 0. The molecule has 4 unspecified atom stereocenters. The van der Waals surface area contributed by atoms with Gasteiger partial charge in [0.25, 0.3) is 0 Å². The molecular weight excluding hydrogens is 457 g/mol. The molecule has 182 valence electrons. The number of carboxylic acids is 1. The van der Waals surface area contributed by atoms with Crippen LogP contribution < -0.4 is 14.8 Å². The summed E-state index contributed by atoms with van der Waals surface area (Å²) < 4.78 is 35.9. The first-order valence-corrected chi connectivity index (χ1v) is 13.0. The first-order chi connectivity index (χ1) is 16.4. The molecule has 2 aromatic rings. The second-order valence-corrected chi connectivity index (χ2v) is 10.5. The number of likely N-dealkylation sites (tertiary alicyclic amines) is 1. The molecule has 2 aromatic carbocycles. The number of halogens is 1. The first kappa shape index (κ1) is 23.3. The van der Waals surface area contributed by atoms with Gasteiger partial charge in [0.1, 0.15) is 17.1 Å². The molecule has 0 radical (unpaired) electrons. The summed E-state index contributed by atoms with van der Waals surface area (Å²) in [6.45, 7) is 6.41. The highest BCUT2D eigenvalue weighted by atomic mass is 32.2. The zero-order chi connectivity index (χ0) is 23.8. The number of nitrogens with one attached hydrogen (secondary N) is 2. The van der Waals surface area contributed by atoms with Gasteiger partial charge in [-0.3, -0.25) is 0 Å². The van der Waals surface area contributed by atoms with Gasteiger partial charge in [-0.1, -0.05) is 13.0 Å². The van der Waals surface area contributed by atoms with Gasteiger partial charge in [-0.25, -0.2) is 13.4 Å². The summed E-state index contributed by atoms with van der Waals surface area (Å²) in [6, 6.07) is 8.12. The van der Waals surface area contributed by atoms with Crippen molar-refractivity contribution in [2.45, 2.75) is 43.0 Å². The van der Waals surface area contributed by atoms with Gasteiger partial charge in [0, 0.05) is 18.5 Å². The molecule has 2 aliphatic heterocycles. The number of hydrogen-bond donors (Lipinski definition) is 3.